The van der Waals surface area contributed by atoms with Crippen molar-refractivity contribution in [2.45, 2.75) is 0 Å². The van der Waals surface area contributed by atoms with Gasteiger partial charge < -0.3 is 19.1 Å². The van der Waals surface area contributed by atoms with E-state index in [1.165, 1.54) is 12.1 Å². The molecule has 5 aromatic rings. The largest absolute Gasteiger partial charge is 0.482 e. The molecule has 7 nitrogen and oxygen atoms in total. The summed E-state index contributed by atoms with van der Waals surface area (Å²) in [6.45, 7) is 2.10. The van der Waals surface area contributed by atoms with Crippen molar-refractivity contribution in [3.05, 3.63) is 101 Å². The third-order valence-electron chi connectivity index (χ3n) is 6.93. The number of halogens is 3. The van der Waals surface area contributed by atoms with Crippen molar-refractivity contribution >= 4 is 46.0 Å². The highest BCUT2D eigenvalue weighted by molar-refractivity contribution is 6.35. The molecule has 1 aliphatic heterocycles. The Hall–Kier alpha value is -4.14. The molecule has 1 fully saturated rings. The summed E-state index contributed by atoms with van der Waals surface area (Å²) in [5, 5.41) is 1.76. The molecule has 0 aliphatic carbocycles. The average Bonchev–Trinajstić information content (AvgIpc) is 3.37. The van der Waals surface area contributed by atoms with Crippen molar-refractivity contribution in [2.75, 3.05) is 37.7 Å². The van der Waals surface area contributed by atoms with Gasteiger partial charge in [0.1, 0.15) is 23.7 Å². The number of rotatable bonds is 6. The summed E-state index contributed by atoms with van der Waals surface area (Å²) in [7, 11) is 0. The second kappa shape index (κ2) is 11.2. The van der Waals surface area contributed by atoms with Crippen molar-refractivity contribution < 1.29 is 13.9 Å². The SMILES string of the molecule is O=C(COc1ccc(Cl)cc1Cl)N1CCN(c2ncnc3c2c(-c2ccccc2)cn3-c2ccc(F)cc2)CC1. The fourth-order valence-electron chi connectivity index (χ4n) is 4.91. The molecule has 202 valence electrons. The van der Waals surface area contributed by atoms with Crippen LogP contribution in [0.2, 0.25) is 10.0 Å². The fourth-order valence-corrected chi connectivity index (χ4v) is 5.37. The molecular weight excluding hydrogens is 552 g/mol. The van der Waals surface area contributed by atoms with E-state index in [4.69, 9.17) is 27.9 Å². The van der Waals surface area contributed by atoms with Crippen LogP contribution in [0.1, 0.15) is 0 Å². The molecule has 3 heterocycles. The fraction of sp³-hybridized carbons (Fsp3) is 0.167. The summed E-state index contributed by atoms with van der Waals surface area (Å²) in [6, 6.07) is 21.3. The van der Waals surface area contributed by atoms with Crippen LogP contribution in [0.15, 0.2) is 85.3 Å². The van der Waals surface area contributed by atoms with Gasteiger partial charge in [0.05, 0.1) is 10.4 Å². The highest BCUT2D eigenvalue weighted by Crippen LogP contribution is 2.37. The molecule has 3 aromatic carbocycles. The number of aromatic nitrogens is 3. The van der Waals surface area contributed by atoms with Gasteiger partial charge >= 0.3 is 0 Å². The molecule has 10 heteroatoms. The number of fused-ring (bicyclic) bond motifs is 1. The van der Waals surface area contributed by atoms with Gasteiger partial charge in [-0.3, -0.25) is 4.79 Å². The lowest BCUT2D eigenvalue weighted by molar-refractivity contribution is -0.133. The third-order valence-corrected chi connectivity index (χ3v) is 7.46. The predicted molar refractivity (Wildman–Crippen MR) is 155 cm³/mol. The maximum Gasteiger partial charge on any atom is 0.260 e. The molecule has 0 spiro atoms. The van der Waals surface area contributed by atoms with Crippen molar-refractivity contribution in [1.29, 1.82) is 0 Å². The third kappa shape index (κ3) is 5.20. The number of piperazine rings is 1. The highest BCUT2D eigenvalue weighted by atomic mass is 35.5. The van der Waals surface area contributed by atoms with E-state index in [0.717, 1.165) is 33.7 Å². The van der Waals surface area contributed by atoms with Gasteiger partial charge in [-0.25, -0.2) is 14.4 Å². The molecule has 40 heavy (non-hydrogen) atoms. The number of hydrogen-bond acceptors (Lipinski definition) is 5. The molecule has 0 radical (unpaired) electrons. The average molecular weight is 576 g/mol. The maximum absolute atomic E-state index is 13.7. The van der Waals surface area contributed by atoms with E-state index < -0.39 is 0 Å². The molecule has 2 aromatic heterocycles. The van der Waals surface area contributed by atoms with Crippen LogP contribution in [0.3, 0.4) is 0 Å². The molecule has 0 N–H and O–H groups in total. The maximum atomic E-state index is 13.7. The molecule has 0 unspecified atom stereocenters. The molecular formula is C30H24Cl2FN5O2. The van der Waals surface area contributed by atoms with Crippen LogP contribution in [0.5, 0.6) is 5.75 Å². The monoisotopic (exact) mass is 575 g/mol. The first-order valence-electron chi connectivity index (χ1n) is 12.8. The zero-order valence-corrected chi connectivity index (χ0v) is 22.8. The minimum absolute atomic E-state index is 0.113. The second-order valence-corrected chi connectivity index (χ2v) is 10.2. The lowest BCUT2D eigenvalue weighted by Crippen LogP contribution is -2.50. The van der Waals surface area contributed by atoms with Gasteiger partial charge in [-0.05, 0) is 48.0 Å². The lowest BCUT2D eigenvalue weighted by Gasteiger charge is -2.35. The van der Waals surface area contributed by atoms with Crippen molar-refractivity contribution in [3.63, 3.8) is 0 Å². The van der Waals surface area contributed by atoms with E-state index in [-0.39, 0.29) is 18.3 Å². The first kappa shape index (κ1) is 26.1. The van der Waals surface area contributed by atoms with E-state index >= 15 is 0 Å². The van der Waals surface area contributed by atoms with Crippen LogP contribution in [-0.2, 0) is 4.79 Å². The highest BCUT2D eigenvalue weighted by Gasteiger charge is 2.26. The topological polar surface area (TPSA) is 63.5 Å². The van der Waals surface area contributed by atoms with Gasteiger partial charge in [0, 0.05) is 48.6 Å². The molecule has 1 saturated heterocycles. The Kier molecular flexibility index (Phi) is 7.28. The minimum atomic E-state index is -0.298. The van der Waals surface area contributed by atoms with Crippen molar-refractivity contribution in [2.24, 2.45) is 0 Å². The number of anilines is 1. The summed E-state index contributed by atoms with van der Waals surface area (Å²) < 4.78 is 21.3. The van der Waals surface area contributed by atoms with Crippen LogP contribution < -0.4 is 9.64 Å². The normalized spacial score (nSPS) is 13.6. The Bertz CT molecular complexity index is 1670. The Labute approximate surface area is 240 Å². The number of hydrogen-bond donors (Lipinski definition) is 0. The first-order valence-corrected chi connectivity index (χ1v) is 13.5. The number of amides is 1. The summed E-state index contributed by atoms with van der Waals surface area (Å²) in [4.78, 5) is 26.1. The number of carbonyl (C=O) groups is 1. The number of nitrogens with zero attached hydrogens (tertiary/aromatic N) is 5. The molecule has 0 bridgehead atoms. The minimum Gasteiger partial charge on any atom is -0.482 e. The smallest absolute Gasteiger partial charge is 0.260 e. The summed E-state index contributed by atoms with van der Waals surface area (Å²) >= 11 is 12.1. The molecule has 0 atom stereocenters. The standard InChI is InChI=1S/C30H24Cl2FN5O2/c31-21-6-11-26(25(32)16-21)40-18-27(39)36-12-14-37(15-13-36)29-28-24(20-4-2-1-3-5-20)17-38(30(28)35-19-34-29)23-9-7-22(33)8-10-23/h1-11,16-17,19H,12-15,18H2. The van der Waals surface area contributed by atoms with E-state index in [1.54, 1.807) is 41.6 Å². The van der Waals surface area contributed by atoms with Gasteiger partial charge in [-0.1, -0.05) is 53.5 Å². The van der Waals surface area contributed by atoms with Crippen molar-refractivity contribution in [1.82, 2.24) is 19.4 Å². The Morgan fingerprint density at radius 3 is 2.40 bits per heavy atom. The number of carbonyl (C=O) groups excluding carboxylic acids is 1. The lowest BCUT2D eigenvalue weighted by atomic mass is 10.1. The number of benzene rings is 3. The van der Waals surface area contributed by atoms with Gasteiger partial charge in [0.2, 0.25) is 0 Å². The zero-order valence-electron chi connectivity index (χ0n) is 21.3. The van der Waals surface area contributed by atoms with Crippen LogP contribution in [-0.4, -0.2) is 58.1 Å². The van der Waals surface area contributed by atoms with E-state index in [0.29, 0.717) is 42.0 Å². The van der Waals surface area contributed by atoms with Crippen LogP contribution in [0.25, 0.3) is 27.8 Å². The molecule has 1 aliphatic rings. The predicted octanol–water partition coefficient (Wildman–Crippen LogP) is 6.26. The van der Waals surface area contributed by atoms with E-state index in [9.17, 15) is 9.18 Å². The first-order chi connectivity index (χ1) is 19.5. The van der Waals surface area contributed by atoms with Gasteiger partial charge in [0.25, 0.3) is 5.91 Å². The van der Waals surface area contributed by atoms with Gasteiger partial charge in [-0.2, -0.15) is 0 Å². The molecule has 1 amide bonds. The van der Waals surface area contributed by atoms with Crippen LogP contribution in [0.4, 0.5) is 10.2 Å². The molecule has 6 rings (SSSR count). The quantitative estimate of drug-likeness (QED) is 0.239. The Morgan fingerprint density at radius 1 is 0.925 bits per heavy atom. The second-order valence-electron chi connectivity index (χ2n) is 9.38. The Balaban J connectivity index is 1.25. The summed E-state index contributed by atoms with van der Waals surface area (Å²) in [6.07, 6.45) is 3.57. The van der Waals surface area contributed by atoms with Gasteiger partial charge in [0.15, 0.2) is 12.3 Å². The summed E-state index contributed by atoms with van der Waals surface area (Å²) in [5.41, 5.74) is 3.52. The van der Waals surface area contributed by atoms with E-state index in [2.05, 4.69) is 14.9 Å². The zero-order chi connectivity index (χ0) is 27.6. The summed E-state index contributed by atoms with van der Waals surface area (Å²) in [5.74, 6) is 0.792. The van der Waals surface area contributed by atoms with Crippen LogP contribution >= 0.6 is 23.2 Å². The van der Waals surface area contributed by atoms with Crippen molar-refractivity contribution in [3.8, 4) is 22.6 Å². The number of ether oxygens (including phenoxy) is 1. The van der Waals surface area contributed by atoms with Gasteiger partial charge in [-0.15, -0.1) is 0 Å². The van der Waals surface area contributed by atoms with E-state index in [1.807, 2.05) is 41.1 Å². The molecule has 0 saturated carbocycles. The van der Waals surface area contributed by atoms with Crippen LogP contribution in [0, 0.1) is 5.82 Å². The Morgan fingerprint density at radius 2 is 1.68 bits per heavy atom.